The lowest BCUT2D eigenvalue weighted by Crippen LogP contribution is -2.73. The minimum absolute atomic E-state index is 0.00225. The Labute approximate surface area is 218 Å². The van der Waals surface area contributed by atoms with Crippen LogP contribution in [0.15, 0.2) is 35.2 Å². The summed E-state index contributed by atoms with van der Waals surface area (Å²) in [6.07, 6.45) is 4.10. The van der Waals surface area contributed by atoms with E-state index in [1.54, 1.807) is 12.5 Å². The molecule has 0 N–H and O–H groups in total. The van der Waals surface area contributed by atoms with Crippen molar-refractivity contribution in [2.75, 3.05) is 7.11 Å². The van der Waals surface area contributed by atoms with Crippen molar-refractivity contribution in [2.45, 2.75) is 90.6 Å². The van der Waals surface area contributed by atoms with Gasteiger partial charge in [-0.3, -0.25) is 14.4 Å². The third-order valence-corrected chi connectivity index (χ3v) is 10.5. The van der Waals surface area contributed by atoms with Crippen LogP contribution in [0.2, 0.25) is 0 Å². The topological polar surface area (TPSA) is 101 Å². The smallest absolute Gasteiger partial charge is 0.309 e. The molecule has 4 aliphatic rings. The Morgan fingerprint density at radius 3 is 2.57 bits per heavy atom. The maximum absolute atomic E-state index is 13.1. The quantitative estimate of drug-likeness (QED) is 0.317. The maximum Gasteiger partial charge on any atom is 0.309 e. The molecule has 2 saturated carbocycles. The van der Waals surface area contributed by atoms with Crippen LogP contribution in [0.5, 0.6) is 0 Å². The molecule has 37 heavy (non-hydrogen) atoms. The second-order valence-electron chi connectivity index (χ2n) is 12.4. The van der Waals surface area contributed by atoms with Crippen LogP contribution in [0.25, 0.3) is 0 Å². The average molecular weight is 515 g/mol. The first-order chi connectivity index (χ1) is 17.3. The van der Waals surface area contributed by atoms with E-state index in [9.17, 15) is 14.4 Å². The van der Waals surface area contributed by atoms with Crippen LogP contribution in [0.1, 0.15) is 78.4 Å². The van der Waals surface area contributed by atoms with Gasteiger partial charge in [0.15, 0.2) is 0 Å². The zero-order valence-electron chi connectivity index (χ0n) is 22.6. The summed E-state index contributed by atoms with van der Waals surface area (Å²) in [5.74, 6) is -1.23. The molecule has 8 atom stereocenters. The van der Waals surface area contributed by atoms with E-state index in [0.717, 1.165) is 24.0 Å². The molecule has 0 radical (unpaired) electrons. The first kappa shape index (κ1) is 26.0. The van der Waals surface area contributed by atoms with E-state index < -0.39 is 34.1 Å². The van der Waals surface area contributed by atoms with E-state index in [4.69, 9.17) is 23.4 Å². The number of carbonyl (C=O) groups excluding carboxylic acids is 3. The largest absolute Gasteiger partial charge is 0.472 e. The predicted octanol–water partition coefficient (Wildman–Crippen LogP) is 4.92. The van der Waals surface area contributed by atoms with Gasteiger partial charge in [0, 0.05) is 41.6 Å². The molecule has 1 spiro atoms. The minimum Gasteiger partial charge on any atom is -0.472 e. The van der Waals surface area contributed by atoms with Crippen LogP contribution in [0.3, 0.4) is 0 Å². The lowest BCUT2D eigenvalue weighted by molar-refractivity contribution is -0.314. The molecule has 2 aliphatic heterocycles. The molecular weight excluding hydrogens is 476 g/mol. The second-order valence-corrected chi connectivity index (χ2v) is 12.4. The summed E-state index contributed by atoms with van der Waals surface area (Å²) in [5, 5.41) is 0. The lowest BCUT2D eigenvalue weighted by Gasteiger charge is -2.71. The highest BCUT2D eigenvalue weighted by Crippen LogP contribution is 2.72. The maximum atomic E-state index is 13.1. The van der Waals surface area contributed by atoms with Crippen LogP contribution in [-0.2, 0) is 33.3 Å². The summed E-state index contributed by atoms with van der Waals surface area (Å²) < 4.78 is 29.4. The summed E-state index contributed by atoms with van der Waals surface area (Å²) in [5.41, 5.74) is -0.836. The third-order valence-electron chi connectivity index (χ3n) is 10.5. The Bertz CT molecular complexity index is 1120. The fourth-order valence-corrected chi connectivity index (χ4v) is 8.45. The molecule has 0 amide bonds. The molecule has 3 heterocycles. The SMILES string of the molecule is C=C1C2CC[C@@]3(C)[C@H](c4ccoc4)OC(=O)C[C@]13O[C@H]1C[C@@H](OC(C)=O)C(C)(C)[C@H](CC(=O)OC)[C@@]21C. The van der Waals surface area contributed by atoms with Gasteiger partial charge in [0.05, 0.1) is 32.2 Å². The highest BCUT2D eigenvalue weighted by molar-refractivity contribution is 5.74. The number of methoxy groups -OCH3 is 1. The zero-order chi connectivity index (χ0) is 27.0. The van der Waals surface area contributed by atoms with E-state index in [1.165, 1.54) is 14.0 Å². The van der Waals surface area contributed by atoms with Crippen molar-refractivity contribution in [2.24, 2.45) is 28.1 Å². The number of hydrogen-bond donors (Lipinski definition) is 0. The molecule has 0 aromatic carbocycles. The number of cyclic esters (lactones) is 1. The Morgan fingerprint density at radius 1 is 1.22 bits per heavy atom. The minimum atomic E-state index is -0.949. The van der Waals surface area contributed by atoms with Gasteiger partial charge in [-0.25, -0.2) is 0 Å². The Balaban J connectivity index is 1.63. The van der Waals surface area contributed by atoms with Crippen molar-refractivity contribution >= 4 is 17.9 Å². The molecule has 2 saturated heterocycles. The molecule has 4 fully saturated rings. The van der Waals surface area contributed by atoms with E-state index in [2.05, 4.69) is 34.3 Å². The van der Waals surface area contributed by atoms with Crippen LogP contribution < -0.4 is 0 Å². The van der Waals surface area contributed by atoms with Gasteiger partial charge in [0.25, 0.3) is 0 Å². The van der Waals surface area contributed by atoms with E-state index in [1.807, 2.05) is 6.07 Å². The van der Waals surface area contributed by atoms with Gasteiger partial charge in [0.2, 0.25) is 0 Å². The average Bonchev–Trinajstić information content (AvgIpc) is 3.35. The molecular formula is C29H38O8. The first-order valence-corrected chi connectivity index (χ1v) is 13.1. The molecule has 1 aromatic rings. The molecule has 1 aromatic heterocycles. The third kappa shape index (κ3) is 3.47. The van der Waals surface area contributed by atoms with E-state index >= 15 is 0 Å². The van der Waals surface area contributed by atoms with Crippen molar-refractivity contribution in [1.29, 1.82) is 0 Å². The van der Waals surface area contributed by atoms with Crippen molar-refractivity contribution in [3.05, 3.63) is 36.3 Å². The first-order valence-electron chi connectivity index (χ1n) is 13.1. The van der Waals surface area contributed by atoms with Gasteiger partial charge in [-0.1, -0.05) is 34.3 Å². The number of fused-ring (bicyclic) bond motifs is 3. The van der Waals surface area contributed by atoms with Crippen LogP contribution in [-0.4, -0.2) is 42.8 Å². The van der Waals surface area contributed by atoms with Crippen LogP contribution in [0, 0.1) is 28.1 Å². The zero-order valence-corrected chi connectivity index (χ0v) is 22.6. The lowest BCUT2D eigenvalue weighted by atomic mass is 9.41. The molecule has 202 valence electrons. The summed E-state index contributed by atoms with van der Waals surface area (Å²) in [7, 11) is 1.39. The normalized spacial score (nSPS) is 42.2. The van der Waals surface area contributed by atoms with Crippen molar-refractivity contribution in [3.63, 3.8) is 0 Å². The Hall–Kier alpha value is -2.61. The molecule has 8 heteroatoms. The number of furan rings is 1. The highest BCUT2D eigenvalue weighted by atomic mass is 16.6. The van der Waals surface area contributed by atoms with Gasteiger partial charge in [-0.05, 0) is 36.3 Å². The van der Waals surface area contributed by atoms with Gasteiger partial charge >= 0.3 is 17.9 Å². The Kier molecular flexibility index (Phi) is 5.94. The summed E-state index contributed by atoms with van der Waals surface area (Å²) in [6.45, 7) is 14.4. The van der Waals surface area contributed by atoms with Crippen LogP contribution >= 0.6 is 0 Å². The monoisotopic (exact) mass is 514 g/mol. The van der Waals surface area contributed by atoms with E-state index in [0.29, 0.717) is 6.42 Å². The molecule has 2 bridgehead atoms. The fourth-order valence-electron chi connectivity index (χ4n) is 8.45. The summed E-state index contributed by atoms with van der Waals surface area (Å²) in [6, 6.07) is 1.83. The number of rotatable bonds is 4. The van der Waals surface area contributed by atoms with Crippen molar-refractivity contribution < 1.29 is 37.7 Å². The number of carbonyl (C=O) groups is 3. The molecule has 2 aliphatic carbocycles. The number of esters is 3. The predicted molar refractivity (Wildman–Crippen MR) is 132 cm³/mol. The van der Waals surface area contributed by atoms with E-state index in [-0.39, 0.29) is 48.7 Å². The fraction of sp³-hybridized carbons (Fsp3) is 0.690. The number of hydrogen-bond acceptors (Lipinski definition) is 8. The van der Waals surface area contributed by atoms with Crippen molar-refractivity contribution in [1.82, 2.24) is 0 Å². The Morgan fingerprint density at radius 2 is 1.95 bits per heavy atom. The van der Waals surface area contributed by atoms with Gasteiger partial charge in [0.1, 0.15) is 17.8 Å². The van der Waals surface area contributed by atoms with Crippen LogP contribution in [0.4, 0.5) is 0 Å². The molecule has 5 rings (SSSR count). The number of ether oxygens (including phenoxy) is 4. The van der Waals surface area contributed by atoms with Gasteiger partial charge in [-0.15, -0.1) is 0 Å². The standard InChI is InChI=1S/C29H38O8/c1-16-19-8-10-27(5)25(18-9-11-34-15-18)36-24(32)14-29(16,27)37-22-13-21(35-17(2)30)26(3,4)20(28(19,22)6)12-23(31)33-7/h9,11,15,19-22,25H,1,8,10,12-14H2,2-7H3/t19?,20-,21+,22-,25-,27-,28+,29-/m0/s1. The highest BCUT2D eigenvalue weighted by Gasteiger charge is 2.73. The molecule has 1 unspecified atom stereocenters. The summed E-state index contributed by atoms with van der Waals surface area (Å²) >= 11 is 0. The molecule has 8 nitrogen and oxygen atoms in total. The van der Waals surface area contributed by atoms with Gasteiger partial charge < -0.3 is 23.4 Å². The second kappa shape index (κ2) is 8.45. The van der Waals surface area contributed by atoms with Gasteiger partial charge in [-0.2, -0.15) is 0 Å². The summed E-state index contributed by atoms with van der Waals surface area (Å²) in [4.78, 5) is 37.9. The van der Waals surface area contributed by atoms with Crippen molar-refractivity contribution in [3.8, 4) is 0 Å².